The van der Waals surface area contributed by atoms with E-state index in [4.69, 9.17) is 28.9 Å². The maximum absolute atomic E-state index is 12.2. The van der Waals surface area contributed by atoms with E-state index in [9.17, 15) is 8.42 Å². The lowest BCUT2D eigenvalue weighted by molar-refractivity contribution is 0.573. The molecule has 0 aromatic heterocycles. The van der Waals surface area contributed by atoms with E-state index < -0.39 is 10.0 Å². The van der Waals surface area contributed by atoms with Crippen LogP contribution in [0.2, 0.25) is 10.0 Å². The molecular formula is C13H20Cl2N2O2S. The SMILES string of the molecule is CCCCCCNS(=O)(=O)c1cc(CN)c(Cl)cc1Cl. The van der Waals surface area contributed by atoms with Gasteiger partial charge in [0.25, 0.3) is 0 Å². The minimum Gasteiger partial charge on any atom is -0.326 e. The highest BCUT2D eigenvalue weighted by Gasteiger charge is 2.19. The molecule has 7 heteroatoms. The lowest BCUT2D eigenvalue weighted by Gasteiger charge is -2.11. The fourth-order valence-electron chi connectivity index (χ4n) is 1.77. The Labute approximate surface area is 130 Å². The zero-order valence-electron chi connectivity index (χ0n) is 11.5. The molecule has 1 rings (SSSR count). The Bertz CT molecular complexity index is 548. The van der Waals surface area contributed by atoms with Gasteiger partial charge in [-0.15, -0.1) is 0 Å². The first-order valence-corrected chi connectivity index (χ1v) is 8.84. The second kappa shape index (κ2) is 8.20. The van der Waals surface area contributed by atoms with Gasteiger partial charge in [0.2, 0.25) is 10.0 Å². The molecule has 0 bridgehead atoms. The Morgan fingerprint density at radius 1 is 1.15 bits per heavy atom. The number of halogens is 2. The minimum atomic E-state index is -3.62. The van der Waals surface area contributed by atoms with E-state index in [1.807, 2.05) is 0 Å². The first-order valence-electron chi connectivity index (χ1n) is 6.60. The van der Waals surface area contributed by atoms with Gasteiger partial charge >= 0.3 is 0 Å². The molecule has 20 heavy (non-hydrogen) atoms. The molecule has 0 fully saturated rings. The van der Waals surface area contributed by atoms with Gasteiger partial charge in [-0.2, -0.15) is 0 Å². The molecule has 0 saturated carbocycles. The van der Waals surface area contributed by atoms with Crippen LogP contribution in [0.1, 0.15) is 38.2 Å². The molecule has 0 radical (unpaired) electrons. The topological polar surface area (TPSA) is 72.2 Å². The maximum atomic E-state index is 12.2. The Kier molecular flexibility index (Phi) is 7.26. The Hall–Kier alpha value is -0.330. The summed E-state index contributed by atoms with van der Waals surface area (Å²) >= 11 is 11.9. The summed E-state index contributed by atoms with van der Waals surface area (Å²) in [5, 5.41) is 0.479. The van der Waals surface area contributed by atoms with Gasteiger partial charge in [0.15, 0.2) is 0 Å². The zero-order valence-corrected chi connectivity index (χ0v) is 13.8. The molecule has 0 heterocycles. The van der Waals surface area contributed by atoms with Crippen LogP contribution >= 0.6 is 23.2 Å². The van der Waals surface area contributed by atoms with Crippen molar-refractivity contribution in [3.05, 3.63) is 27.7 Å². The third-order valence-corrected chi connectivity index (χ3v) is 5.21. The summed E-state index contributed by atoms with van der Waals surface area (Å²) in [5.74, 6) is 0. The molecule has 1 aromatic rings. The van der Waals surface area contributed by atoms with Crippen LogP contribution in [0.5, 0.6) is 0 Å². The van der Waals surface area contributed by atoms with E-state index in [1.165, 1.54) is 12.1 Å². The van der Waals surface area contributed by atoms with Crippen molar-refractivity contribution in [3.8, 4) is 0 Å². The van der Waals surface area contributed by atoms with E-state index in [1.54, 1.807) is 0 Å². The van der Waals surface area contributed by atoms with Crippen LogP contribution in [0.3, 0.4) is 0 Å². The van der Waals surface area contributed by atoms with Gasteiger partial charge in [-0.1, -0.05) is 49.4 Å². The monoisotopic (exact) mass is 338 g/mol. The predicted octanol–water partition coefficient (Wildman–Crippen LogP) is 3.31. The smallest absolute Gasteiger partial charge is 0.242 e. The second-order valence-electron chi connectivity index (χ2n) is 4.54. The quantitative estimate of drug-likeness (QED) is 0.714. The third kappa shape index (κ3) is 4.90. The number of sulfonamides is 1. The standard InChI is InChI=1S/C13H20Cl2N2O2S/c1-2-3-4-5-6-17-20(18,19)13-7-10(9-16)11(14)8-12(13)15/h7-8,17H,2-6,9,16H2,1H3. The number of nitrogens with two attached hydrogens (primary N) is 1. The average Bonchev–Trinajstić information content (AvgIpc) is 2.38. The summed E-state index contributed by atoms with van der Waals surface area (Å²) in [7, 11) is -3.62. The number of rotatable bonds is 8. The average molecular weight is 339 g/mol. The molecular weight excluding hydrogens is 319 g/mol. The van der Waals surface area contributed by atoms with E-state index in [-0.39, 0.29) is 16.5 Å². The van der Waals surface area contributed by atoms with E-state index in [2.05, 4.69) is 11.6 Å². The summed E-state index contributed by atoms with van der Waals surface area (Å²) in [4.78, 5) is 0.0273. The van der Waals surface area contributed by atoms with Crippen molar-refractivity contribution in [2.45, 2.75) is 44.0 Å². The molecule has 3 N–H and O–H groups in total. The van der Waals surface area contributed by atoms with E-state index in [0.29, 0.717) is 17.1 Å². The van der Waals surface area contributed by atoms with Crippen LogP contribution in [0.4, 0.5) is 0 Å². The lowest BCUT2D eigenvalue weighted by Crippen LogP contribution is -2.25. The molecule has 114 valence electrons. The highest BCUT2D eigenvalue weighted by Crippen LogP contribution is 2.28. The summed E-state index contributed by atoms with van der Waals surface area (Å²) in [6.07, 6.45) is 4.01. The Morgan fingerprint density at radius 3 is 2.45 bits per heavy atom. The van der Waals surface area contributed by atoms with E-state index >= 15 is 0 Å². The zero-order chi connectivity index (χ0) is 15.2. The van der Waals surface area contributed by atoms with Gasteiger partial charge in [0.05, 0.1) is 5.02 Å². The first-order chi connectivity index (χ1) is 9.42. The maximum Gasteiger partial charge on any atom is 0.242 e. The molecule has 0 aliphatic rings. The van der Waals surface area contributed by atoms with Gasteiger partial charge in [-0.25, -0.2) is 13.1 Å². The third-order valence-electron chi connectivity index (χ3n) is 2.93. The van der Waals surface area contributed by atoms with Crippen molar-refractivity contribution in [1.82, 2.24) is 4.72 Å². The fourth-order valence-corrected chi connectivity index (χ4v) is 3.72. The van der Waals surface area contributed by atoms with Crippen LogP contribution in [-0.2, 0) is 16.6 Å². The highest BCUT2D eigenvalue weighted by atomic mass is 35.5. The lowest BCUT2D eigenvalue weighted by atomic mass is 10.2. The first kappa shape index (κ1) is 17.7. The second-order valence-corrected chi connectivity index (χ2v) is 7.09. The molecule has 0 unspecified atom stereocenters. The highest BCUT2D eigenvalue weighted by molar-refractivity contribution is 7.89. The van der Waals surface area contributed by atoms with Gasteiger partial charge in [0, 0.05) is 18.1 Å². The molecule has 0 aliphatic carbocycles. The van der Waals surface area contributed by atoms with Crippen LogP contribution < -0.4 is 10.5 Å². The Morgan fingerprint density at radius 2 is 1.85 bits per heavy atom. The molecule has 0 aliphatic heterocycles. The number of hydrogen-bond acceptors (Lipinski definition) is 3. The molecule has 1 aromatic carbocycles. The normalized spacial score (nSPS) is 11.8. The van der Waals surface area contributed by atoms with Crippen molar-refractivity contribution in [1.29, 1.82) is 0 Å². The van der Waals surface area contributed by atoms with Crippen LogP contribution in [0.25, 0.3) is 0 Å². The number of hydrogen-bond donors (Lipinski definition) is 2. The number of nitrogens with one attached hydrogen (secondary N) is 1. The number of benzene rings is 1. The van der Waals surface area contributed by atoms with Crippen molar-refractivity contribution in [2.75, 3.05) is 6.54 Å². The minimum absolute atomic E-state index is 0.0273. The molecule has 0 amide bonds. The van der Waals surface area contributed by atoms with Crippen molar-refractivity contribution in [3.63, 3.8) is 0 Å². The largest absolute Gasteiger partial charge is 0.326 e. The van der Waals surface area contributed by atoms with Crippen molar-refractivity contribution in [2.24, 2.45) is 5.73 Å². The van der Waals surface area contributed by atoms with E-state index in [0.717, 1.165) is 25.7 Å². The molecule has 4 nitrogen and oxygen atoms in total. The van der Waals surface area contributed by atoms with Gasteiger partial charge in [0.1, 0.15) is 4.90 Å². The Balaban J connectivity index is 2.82. The van der Waals surface area contributed by atoms with Gasteiger partial charge in [-0.05, 0) is 24.1 Å². The van der Waals surface area contributed by atoms with Crippen LogP contribution in [0.15, 0.2) is 17.0 Å². The summed E-state index contributed by atoms with van der Waals surface area (Å²) in [5.41, 5.74) is 6.08. The molecule has 0 saturated heterocycles. The summed E-state index contributed by atoms with van der Waals surface area (Å²) in [6, 6.07) is 2.84. The number of unbranched alkanes of at least 4 members (excludes halogenated alkanes) is 3. The van der Waals surface area contributed by atoms with Crippen LogP contribution in [0, 0.1) is 0 Å². The van der Waals surface area contributed by atoms with Crippen molar-refractivity contribution < 1.29 is 8.42 Å². The van der Waals surface area contributed by atoms with Crippen molar-refractivity contribution >= 4 is 33.2 Å². The predicted molar refractivity (Wildman–Crippen MR) is 83.7 cm³/mol. The van der Waals surface area contributed by atoms with Gasteiger partial charge < -0.3 is 5.73 Å². The summed E-state index contributed by atoms with van der Waals surface area (Å²) in [6.45, 7) is 2.67. The van der Waals surface area contributed by atoms with Gasteiger partial charge in [-0.3, -0.25) is 0 Å². The summed E-state index contributed by atoms with van der Waals surface area (Å²) < 4.78 is 26.9. The van der Waals surface area contributed by atoms with Crippen LogP contribution in [-0.4, -0.2) is 15.0 Å². The molecule has 0 atom stereocenters. The molecule has 0 spiro atoms. The fraction of sp³-hybridized carbons (Fsp3) is 0.538.